The van der Waals surface area contributed by atoms with Crippen LogP contribution in [-0.2, 0) is 27.9 Å². The molecular formula is C69H127N2O7P. The van der Waals surface area contributed by atoms with Crippen molar-refractivity contribution in [2.75, 3.05) is 40.9 Å². The summed E-state index contributed by atoms with van der Waals surface area (Å²) in [4.78, 5) is 40.0. The van der Waals surface area contributed by atoms with E-state index in [1.54, 1.807) is 0 Å². The molecule has 0 aromatic rings. The maximum atomic E-state index is 13.6. The predicted molar refractivity (Wildman–Crippen MR) is 339 cm³/mol. The first kappa shape index (κ1) is 76.5. The molecule has 0 bridgehead atoms. The van der Waals surface area contributed by atoms with Crippen molar-refractivity contribution in [2.45, 2.75) is 315 Å². The van der Waals surface area contributed by atoms with Crippen LogP contribution in [0.3, 0.4) is 0 Å². The molecule has 10 heteroatoms. The summed E-state index contributed by atoms with van der Waals surface area (Å²) in [5, 5.41) is 3.03. The molecular weight excluding hydrogens is 1000 g/mol. The SMILES string of the molecule is CCCCC/C=C\C/C=C\C/C=C\CCCCCCCCCCCCCCC(=O)NC(COP(=O)([O-])OCC[N+](C)(C)C)C(/C=C\CCCCCCCCCCC)OC(=O)CCCCCCCCC/C=C\C/C=C\CCCCC. The van der Waals surface area contributed by atoms with Crippen LogP contribution in [0, 0.1) is 0 Å². The summed E-state index contributed by atoms with van der Waals surface area (Å²) in [6, 6.07) is -0.895. The normalized spacial score (nSPS) is 14.1. The van der Waals surface area contributed by atoms with Crippen molar-refractivity contribution in [1.29, 1.82) is 0 Å². The Morgan fingerprint density at radius 3 is 1.18 bits per heavy atom. The van der Waals surface area contributed by atoms with Crippen molar-refractivity contribution >= 4 is 19.7 Å². The monoisotopic (exact) mass is 1130 g/mol. The van der Waals surface area contributed by atoms with Gasteiger partial charge in [-0.15, -0.1) is 0 Å². The Balaban J connectivity index is 5.09. The Morgan fingerprint density at radius 1 is 0.443 bits per heavy atom. The number of carbonyl (C=O) groups excluding carboxylic acids is 2. The van der Waals surface area contributed by atoms with E-state index < -0.39 is 26.6 Å². The molecule has 460 valence electrons. The molecule has 3 unspecified atom stereocenters. The molecule has 1 N–H and O–H groups in total. The highest BCUT2D eigenvalue weighted by Crippen LogP contribution is 2.38. The lowest BCUT2D eigenvalue weighted by Gasteiger charge is -2.30. The zero-order valence-corrected chi connectivity index (χ0v) is 53.5. The summed E-state index contributed by atoms with van der Waals surface area (Å²) in [5.74, 6) is -0.547. The van der Waals surface area contributed by atoms with E-state index in [0.29, 0.717) is 17.4 Å². The van der Waals surface area contributed by atoms with Crippen LogP contribution in [0.4, 0.5) is 0 Å². The van der Waals surface area contributed by atoms with Gasteiger partial charge in [0.1, 0.15) is 19.3 Å². The molecule has 79 heavy (non-hydrogen) atoms. The highest BCUT2D eigenvalue weighted by molar-refractivity contribution is 7.45. The van der Waals surface area contributed by atoms with Crippen LogP contribution >= 0.6 is 7.82 Å². The van der Waals surface area contributed by atoms with Crippen molar-refractivity contribution in [3.05, 3.63) is 72.9 Å². The third-order valence-electron chi connectivity index (χ3n) is 14.6. The molecule has 0 aliphatic heterocycles. The van der Waals surface area contributed by atoms with Crippen LogP contribution in [0.2, 0.25) is 0 Å². The number of ether oxygens (including phenoxy) is 1. The lowest BCUT2D eigenvalue weighted by molar-refractivity contribution is -0.870. The van der Waals surface area contributed by atoms with E-state index in [0.717, 1.165) is 89.9 Å². The molecule has 0 heterocycles. The number of rotatable bonds is 60. The molecule has 9 nitrogen and oxygen atoms in total. The van der Waals surface area contributed by atoms with E-state index in [9.17, 15) is 19.0 Å². The summed E-state index contributed by atoms with van der Waals surface area (Å²) in [6.45, 7) is 6.80. The first-order chi connectivity index (χ1) is 38.4. The molecule has 0 fully saturated rings. The molecule has 0 aromatic carbocycles. The molecule has 0 aliphatic rings. The largest absolute Gasteiger partial charge is 0.756 e. The number of quaternary nitrogens is 1. The third kappa shape index (κ3) is 59.9. The van der Waals surface area contributed by atoms with Crippen molar-refractivity contribution in [2.24, 2.45) is 0 Å². The number of hydrogen-bond donors (Lipinski definition) is 1. The number of phosphoric ester groups is 1. The Bertz CT molecular complexity index is 1580. The maximum Gasteiger partial charge on any atom is 0.306 e. The lowest BCUT2D eigenvalue weighted by Crippen LogP contribution is -2.47. The van der Waals surface area contributed by atoms with Crippen LogP contribution < -0.4 is 10.2 Å². The number of nitrogens with one attached hydrogen (secondary N) is 1. The summed E-state index contributed by atoms with van der Waals surface area (Å²) in [7, 11) is 1.18. The van der Waals surface area contributed by atoms with Crippen LogP contribution in [-0.4, -0.2) is 69.4 Å². The summed E-state index contributed by atoms with van der Waals surface area (Å²) in [5.41, 5.74) is 0. The van der Waals surface area contributed by atoms with Gasteiger partial charge in [0.15, 0.2) is 0 Å². The highest BCUT2D eigenvalue weighted by atomic mass is 31.2. The Morgan fingerprint density at radius 2 is 0.772 bits per heavy atom. The topological polar surface area (TPSA) is 114 Å². The smallest absolute Gasteiger partial charge is 0.306 e. The maximum absolute atomic E-state index is 13.6. The van der Waals surface area contributed by atoms with Crippen LogP contribution in [0.15, 0.2) is 72.9 Å². The zero-order chi connectivity index (χ0) is 57.9. The van der Waals surface area contributed by atoms with Crippen molar-refractivity contribution in [3.63, 3.8) is 0 Å². The molecule has 0 aromatic heterocycles. The fraction of sp³-hybridized carbons (Fsp3) is 0.797. The van der Waals surface area contributed by atoms with Gasteiger partial charge in [0.25, 0.3) is 7.82 Å². The Hall–Kier alpha value is -2.55. The molecule has 0 rings (SSSR count). The highest BCUT2D eigenvalue weighted by Gasteiger charge is 2.27. The fourth-order valence-electron chi connectivity index (χ4n) is 9.44. The van der Waals surface area contributed by atoms with Gasteiger partial charge >= 0.3 is 5.97 Å². The fourth-order valence-corrected chi connectivity index (χ4v) is 10.2. The number of phosphoric acid groups is 1. The molecule has 0 saturated carbocycles. The number of nitrogens with zero attached hydrogens (tertiary/aromatic N) is 1. The standard InChI is InChI=1S/C69H127N2O7P/c1-7-10-13-16-19-22-25-27-29-31-32-33-34-35-36-37-38-40-41-43-46-49-52-55-58-61-68(72)70-66(65-77-79(74,75)76-64-63-71(4,5)6)67(60-57-54-51-48-45-24-21-18-15-12-9-3)78-69(73)62-59-56-53-50-47-44-42-39-30-28-26-23-20-17-14-11-8-2/h19-20,22-23,27-30,32-33,57,60,66-67H,7-18,21,24-26,31,34-56,58-59,61-65H2,1-6H3,(H-,70,72,74,75)/b22-19-,23-20-,29-27-,30-28-,33-32-,60-57-. The van der Waals surface area contributed by atoms with Gasteiger partial charge in [-0.25, -0.2) is 0 Å². The number of unbranched alkanes of at least 4 members (excludes halogenated alkanes) is 34. The van der Waals surface area contributed by atoms with E-state index >= 15 is 0 Å². The number of hydrogen-bond acceptors (Lipinski definition) is 7. The summed E-state index contributed by atoms with van der Waals surface area (Å²) in [6.07, 6.45) is 75.8. The zero-order valence-electron chi connectivity index (χ0n) is 52.6. The second-order valence-electron chi connectivity index (χ2n) is 23.6. The minimum Gasteiger partial charge on any atom is -0.756 e. The predicted octanol–water partition coefficient (Wildman–Crippen LogP) is 20.2. The second-order valence-corrected chi connectivity index (χ2v) is 25.0. The number of esters is 1. The van der Waals surface area contributed by atoms with E-state index in [4.69, 9.17) is 13.8 Å². The third-order valence-corrected chi connectivity index (χ3v) is 15.6. The van der Waals surface area contributed by atoms with Gasteiger partial charge in [-0.3, -0.25) is 14.2 Å². The van der Waals surface area contributed by atoms with Crippen LogP contribution in [0.1, 0.15) is 303 Å². The quantitative estimate of drug-likeness (QED) is 0.0212. The Labute approximate surface area is 489 Å². The second kappa shape index (κ2) is 58.6. The summed E-state index contributed by atoms with van der Waals surface area (Å²) >= 11 is 0. The van der Waals surface area contributed by atoms with Crippen LogP contribution in [0.25, 0.3) is 0 Å². The van der Waals surface area contributed by atoms with Crippen molar-refractivity contribution in [3.8, 4) is 0 Å². The van der Waals surface area contributed by atoms with Crippen molar-refractivity contribution < 1.29 is 37.3 Å². The molecule has 0 radical (unpaired) electrons. The Kier molecular flexibility index (Phi) is 56.7. The van der Waals surface area contributed by atoms with Gasteiger partial charge < -0.3 is 28.5 Å². The molecule has 1 amide bonds. The van der Waals surface area contributed by atoms with E-state index in [1.807, 2.05) is 33.3 Å². The van der Waals surface area contributed by atoms with E-state index in [2.05, 4.69) is 86.8 Å². The van der Waals surface area contributed by atoms with Crippen molar-refractivity contribution in [1.82, 2.24) is 5.32 Å². The van der Waals surface area contributed by atoms with Gasteiger partial charge in [0.05, 0.1) is 33.8 Å². The van der Waals surface area contributed by atoms with Gasteiger partial charge in [0, 0.05) is 12.8 Å². The minimum absolute atomic E-state index is 0.0256. The summed E-state index contributed by atoms with van der Waals surface area (Å²) < 4.78 is 30.4. The minimum atomic E-state index is -4.70. The van der Waals surface area contributed by atoms with Gasteiger partial charge in [-0.05, 0) is 102 Å². The number of allylic oxidation sites excluding steroid dienone is 11. The first-order valence-corrected chi connectivity index (χ1v) is 34.7. The number of carbonyl (C=O) groups is 2. The molecule has 0 spiro atoms. The lowest BCUT2D eigenvalue weighted by atomic mass is 10.0. The average Bonchev–Trinajstić information content (AvgIpc) is 3.41. The average molecular weight is 1130 g/mol. The number of amides is 1. The van der Waals surface area contributed by atoms with E-state index in [1.165, 1.54) is 180 Å². The molecule has 0 saturated heterocycles. The van der Waals surface area contributed by atoms with Gasteiger partial charge in [-0.1, -0.05) is 261 Å². The molecule has 3 atom stereocenters. The van der Waals surface area contributed by atoms with E-state index in [-0.39, 0.29) is 24.9 Å². The van der Waals surface area contributed by atoms with Crippen LogP contribution in [0.5, 0.6) is 0 Å². The van der Waals surface area contributed by atoms with Gasteiger partial charge in [0.2, 0.25) is 5.91 Å². The molecule has 0 aliphatic carbocycles. The van der Waals surface area contributed by atoms with Gasteiger partial charge in [-0.2, -0.15) is 0 Å². The first-order valence-electron chi connectivity index (χ1n) is 33.2. The number of likely N-dealkylation sites (N-methyl/N-ethyl adjacent to an activating group) is 1.